The fourth-order valence-corrected chi connectivity index (χ4v) is 11.4. The number of methoxy groups -OCH3 is 1. The second-order valence-corrected chi connectivity index (χ2v) is 22.7. The third kappa shape index (κ3) is 7.53. The topological polar surface area (TPSA) is 63.2 Å². The van der Waals surface area contributed by atoms with Gasteiger partial charge in [0, 0.05) is 18.6 Å². The smallest absolute Gasteiger partial charge is 0.438 e. The Hall–Kier alpha value is -1.15. The van der Waals surface area contributed by atoms with Gasteiger partial charge in [0.05, 0.1) is 12.7 Å². The molecule has 0 radical (unpaired) electrons. The van der Waals surface area contributed by atoms with Gasteiger partial charge in [0.1, 0.15) is 5.60 Å². The summed E-state index contributed by atoms with van der Waals surface area (Å²) in [7, 11) is -0.393. The number of carbonyl (C=O) groups excluding carboxylic acids is 1. The normalized spacial score (nSPS) is 35.4. The molecular formula is C39H68O6Si. The minimum atomic E-state index is -1.80. The molecule has 6 nitrogen and oxygen atoms in total. The summed E-state index contributed by atoms with van der Waals surface area (Å²) in [6.07, 6.45) is 16.4. The van der Waals surface area contributed by atoms with Crippen molar-refractivity contribution >= 4 is 14.5 Å². The van der Waals surface area contributed by atoms with E-state index < -0.39 is 25.7 Å². The monoisotopic (exact) mass is 660 g/mol. The molecule has 0 aliphatic heterocycles. The van der Waals surface area contributed by atoms with Crippen LogP contribution in [-0.2, 0) is 23.4 Å². The van der Waals surface area contributed by atoms with Gasteiger partial charge in [-0.3, -0.25) is 0 Å². The molecule has 0 saturated heterocycles. The van der Waals surface area contributed by atoms with E-state index in [9.17, 15) is 4.79 Å². The molecule has 3 saturated carbocycles. The van der Waals surface area contributed by atoms with Gasteiger partial charge in [0.15, 0.2) is 14.6 Å². The van der Waals surface area contributed by atoms with E-state index in [0.717, 1.165) is 12.8 Å². The van der Waals surface area contributed by atoms with Crippen LogP contribution < -0.4 is 0 Å². The molecule has 0 N–H and O–H groups in total. The van der Waals surface area contributed by atoms with Gasteiger partial charge in [-0.05, 0) is 145 Å². The molecule has 0 bridgehead atoms. The van der Waals surface area contributed by atoms with Crippen LogP contribution in [0.25, 0.3) is 0 Å². The van der Waals surface area contributed by atoms with Crippen molar-refractivity contribution in [2.45, 2.75) is 169 Å². The van der Waals surface area contributed by atoms with E-state index in [0.29, 0.717) is 36.9 Å². The van der Waals surface area contributed by atoms with Crippen molar-refractivity contribution in [2.24, 2.45) is 34.5 Å². The molecule has 46 heavy (non-hydrogen) atoms. The number of ether oxygens (including phenoxy) is 4. The molecule has 264 valence electrons. The molecule has 0 aromatic heterocycles. The number of carbonyl (C=O) groups is 1. The summed E-state index contributed by atoms with van der Waals surface area (Å²) in [4.78, 5) is 12.7. The van der Waals surface area contributed by atoms with Gasteiger partial charge < -0.3 is 23.4 Å². The minimum Gasteiger partial charge on any atom is -0.438 e. The Kier molecular flexibility index (Phi) is 11.2. The zero-order valence-corrected chi connectivity index (χ0v) is 32.7. The van der Waals surface area contributed by atoms with Crippen molar-refractivity contribution in [1.29, 1.82) is 0 Å². The van der Waals surface area contributed by atoms with Gasteiger partial charge in [-0.15, -0.1) is 0 Å². The Labute approximate surface area is 282 Å². The summed E-state index contributed by atoms with van der Waals surface area (Å²) in [5, 5.41) is 0.236. The van der Waals surface area contributed by atoms with Crippen molar-refractivity contribution in [1.82, 2.24) is 0 Å². The Morgan fingerprint density at radius 2 is 1.74 bits per heavy atom. The first-order valence-corrected chi connectivity index (χ1v) is 21.2. The number of allylic oxidation sites excluding steroid dienone is 1. The maximum atomic E-state index is 12.7. The molecule has 1 unspecified atom stereocenters. The van der Waals surface area contributed by atoms with Crippen LogP contribution in [0, 0.1) is 34.5 Å². The lowest BCUT2D eigenvalue weighted by Crippen LogP contribution is -2.54. The van der Waals surface area contributed by atoms with E-state index in [1.807, 2.05) is 13.8 Å². The highest BCUT2D eigenvalue weighted by molar-refractivity contribution is 6.74. The van der Waals surface area contributed by atoms with Crippen LogP contribution >= 0.6 is 0 Å². The van der Waals surface area contributed by atoms with Gasteiger partial charge in [-0.1, -0.05) is 52.3 Å². The van der Waals surface area contributed by atoms with Gasteiger partial charge in [0.25, 0.3) is 0 Å². The molecule has 4 aliphatic rings. The Bertz CT molecular complexity index is 1140. The van der Waals surface area contributed by atoms with Crippen molar-refractivity contribution < 1.29 is 28.2 Å². The highest BCUT2D eigenvalue weighted by Crippen LogP contribution is 2.68. The number of hydrogen-bond acceptors (Lipinski definition) is 6. The maximum absolute atomic E-state index is 12.7. The van der Waals surface area contributed by atoms with Crippen molar-refractivity contribution in [2.75, 3.05) is 13.7 Å². The van der Waals surface area contributed by atoms with Crippen LogP contribution in [0.4, 0.5) is 4.79 Å². The summed E-state index contributed by atoms with van der Waals surface area (Å²) in [6, 6.07) is 0. The number of hydrogen-bond donors (Lipinski definition) is 0. The molecule has 0 heterocycles. The van der Waals surface area contributed by atoms with Crippen LogP contribution in [0.3, 0.4) is 0 Å². The van der Waals surface area contributed by atoms with E-state index in [1.165, 1.54) is 45.6 Å². The Morgan fingerprint density at radius 3 is 2.37 bits per heavy atom. The predicted molar refractivity (Wildman–Crippen MR) is 189 cm³/mol. The van der Waals surface area contributed by atoms with Gasteiger partial charge in [-0.2, -0.15) is 0 Å². The highest BCUT2D eigenvalue weighted by Gasteiger charge is 2.62. The largest absolute Gasteiger partial charge is 0.508 e. The van der Waals surface area contributed by atoms with Crippen LogP contribution in [-0.4, -0.2) is 51.8 Å². The molecule has 0 aromatic rings. The molecule has 9 atom stereocenters. The first kappa shape index (κ1) is 37.7. The third-order valence-corrected chi connectivity index (χ3v) is 18.0. The van der Waals surface area contributed by atoms with E-state index >= 15 is 0 Å². The molecule has 7 heteroatoms. The van der Waals surface area contributed by atoms with Crippen LogP contribution in [0.2, 0.25) is 18.1 Å². The quantitative estimate of drug-likeness (QED) is 0.0951. The van der Waals surface area contributed by atoms with Crippen LogP contribution in [0.15, 0.2) is 23.8 Å². The van der Waals surface area contributed by atoms with E-state index in [-0.39, 0.29) is 28.1 Å². The average Bonchev–Trinajstić information content (AvgIpc) is 3.30. The summed E-state index contributed by atoms with van der Waals surface area (Å²) < 4.78 is 30.0. The number of fused-ring (bicyclic) bond motifs is 5. The molecule has 0 amide bonds. The average molecular weight is 661 g/mol. The second-order valence-electron chi connectivity index (χ2n) is 17.9. The van der Waals surface area contributed by atoms with Crippen molar-refractivity contribution in [3.63, 3.8) is 0 Å². The standard InChI is InChI=1S/C39H68O6Si/c1-14-42-27(2)43-36(6,7)22-15-23-39(10,44-34(40)41-11)33-19-18-31-30-17-16-28-26-29(45-46(12,13)35(3,4)5)20-24-37(28,8)32(30)21-25-38(31,33)9/h15-16,23,27,29-33H,14,17-22,24-26H2,1-13H3/b23-15-/t27?,29-,30-,31-,32-,33-,37-,38-,39-/m0/s1. The predicted octanol–water partition coefficient (Wildman–Crippen LogP) is 10.6. The van der Waals surface area contributed by atoms with Gasteiger partial charge >= 0.3 is 6.16 Å². The first-order chi connectivity index (χ1) is 21.2. The zero-order valence-electron chi connectivity index (χ0n) is 31.7. The molecule has 3 fully saturated rings. The highest BCUT2D eigenvalue weighted by atomic mass is 28.4. The van der Waals surface area contributed by atoms with Crippen LogP contribution in [0.1, 0.15) is 127 Å². The van der Waals surface area contributed by atoms with E-state index in [4.69, 9.17) is 23.4 Å². The molecule has 4 aliphatic carbocycles. The molecule has 0 spiro atoms. The first-order valence-electron chi connectivity index (χ1n) is 18.3. The third-order valence-electron chi connectivity index (χ3n) is 13.4. The summed E-state index contributed by atoms with van der Waals surface area (Å²) in [5.74, 6) is 2.23. The molecular weight excluding hydrogens is 593 g/mol. The molecule has 4 rings (SSSR count). The Balaban J connectivity index is 1.53. The van der Waals surface area contributed by atoms with Crippen molar-refractivity contribution in [3.05, 3.63) is 23.8 Å². The lowest BCUT2D eigenvalue weighted by molar-refractivity contribution is -0.187. The second kappa shape index (κ2) is 13.6. The Morgan fingerprint density at radius 1 is 1.04 bits per heavy atom. The van der Waals surface area contributed by atoms with E-state index in [1.54, 1.807) is 5.57 Å². The summed E-state index contributed by atoms with van der Waals surface area (Å²) >= 11 is 0. The maximum Gasteiger partial charge on any atom is 0.508 e. The zero-order chi connectivity index (χ0) is 34.3. The van der Waals surface area contributed by atoms with Gasteiger partial charge in [0.2, 0.25) is 0 Å². The van der Waals surface area contributed by atoms with Crippen LogP contribution in [0.5, 0.6) is 0 Å². The fraction of sp³-hybridized carbons (Fsp3) is 0.872. The summed E-state index contributed by atoms with van der Waals surface area (Å²) in [6.45, 7) is 27.7. The fourth-order valence-electron chi connectivity index (χ4n) is 10.0. The lowest BCUT2D eigenvalue weighted by Gasteiger charge is -2.59. The van der Waals surface area contributed by atoms with Gasteiger partial charge in [-0.25, -0.2) is 4.79 Å². The van der Waals surface area contributed by atoms with Crippen molar-refractivity contribution in [3.8, 4) is 0 Å². The lowest BCUT2D eigenvalue weighted by atomic mass is 9.46. The summed E-state index contributed by atoms with van der Waals surface area (Å²) in [5.41, 5.74) is 0.865. The molecule has 0 aromatic carbocycles. The number of rotatable bonds is 11. The minimum absolute atomic E-state index is 0.0914. The SMILES string of the molecule is CCOC(C)OC(C)(C)C/C=C\[C@](C)(OC(=O)OC)[C@H]1CC[C@H]2[C@@H]3CC=C4C[C@@H](O[Si](C)(C)C(C)(C)C)CC[C@]4(C)[C@H]3CC[C@@]21C. The van der Waals surface area contributed by atoms with E-state index in [2.05, 4.69) is 86.7 Å².